The second-order valence-corrected chi connectivity index (χ2v) is 3.01. The Bertz CT molecular complexity index is 316. The van der Waals surface area contributed by atoms with Crippen molar-refractivity contribution < 1.29 is 0 Å². The molecule has 0 aliphatic heterocycles. The Kier molecular flexibility index (Phi) is 2.96. The van der Waals surface area contributed by atoms with Crippen LogP contribution in [-0.4, -0.2) is 7.05 Å². The minimum Gasteiger partial charge on any atom is -0.397 e. The van der Waals surface area contributed by atoms with Gasteiger partial charge < -0.3 is 11.1 Å². The third kappa shape index (κ3) is 2.02. The molecule has 70 valence electrons. The van der Waals surface area contributed by atoms with Crippen molar-refractivity contribution in [2.45, 2.75) is 13.3 Å². The number of hydrogen-bond acceptors (Lipinski definition) is 2. The van der Waals surface area contributed by atoms with E-state index in [1.165, 1.54) is 0 Å². The number of rotatable bonds is 3. The molecule has 0 bridgehead atoms. The van der Waals surface area contributed by atoms with E-state index in [9.17, 15) is 0 Å². The molecule has 2 heteroatoms. The van der Waals surface area contributed by atoms with E-state index < -0.39 is 0 Å². The summed E-state index contributed by atoms with van der Waals surface area (Å²) in [6, 6.07) is 5.94. The summed E-state index contributed by atoms with van der Waals surface area (Å²) in [6.07, 6.45) is 0.965. The Morgan fingerprint density at radius 2 is 2.23 bits per heavy atom. The van der Waals surface area contributed by atoms with Crippen LogP contribution in [0.3, 0.4) is 0 Å². The maximum absolute atomic E-state index is 5.75. The smallest absolute Gasteiger partial charge is 0.0577 e. The average Bonchev–Trinajstić information content (AvgIpc) is 2.17. The van der Waals surface area contributed by atoms with Crippen molar-refractivity contribution in [3.05, 3.63) is 30.3 Å². The van der Waals surface area contributed by atoms with E-state index in [0.717, 1.165) is 28.9 Å². The third-order valence-electron chi connectivity index (χ3n) is 2.16. The molecule has 0 spiro atoms. The van der Waals surface area contributed by atoms with Crippen LogP contribution < -0.4 is 11.1 Å². The molecule has 0 fully saturated rings. The first-order valence-corrected chi connectivity index (χ1v) is 4.44. The summed E-state index contributed by atoms with van der Waals surface area (Å²) in [5.41, 5.74) is 9.78. The molecule has 1 rings (SSSR count). The monoisotopic (exact) mass is 176 g/mol. The summed E-state index contributed by atoms with van der Waals surface area (Å²) in [5, 5.41) is 3.05. The number of nitrogens with two attached hydrogens (primary N) is 1. The highest BCUT2D eigenvalue weighted by molar-refractivity contribution is 5.74. The second kappa shape index (κ2) is 3.99. The fourth-order valence-electron chi connectivity index (χ4n) is 1.20. The number of anilines is 2. The van der Waals surface area contributed by atoms with Crippen molar-refractivity contribution in [1.29, 1.82) is 0 Å². The van der Waals surface area contributed by atoms with Crippen LogP contribution in [0.15, 0.2) is 24.8 Å². The van der Waals surface area contributed by atoms with Crippen LogP contribution in [0.2, 0.25) is 0 Å². The summed E-state index contributed by atoms with van der Waals surface area (Å²) >= 11 is 0. The van der Waals surface area contributed by atoms with Gasteiger partial charge in [0.1, 0.15) is 0 Å². The van der Waals surface area contributed by atoms with Gasteiger partial charge in [-0.05, 0) is 29.7 Å². The zero-order valence-corrected chi connectivity index (χ0v) is 8.22. The molecule has 0 heterocycles. The highest BCUT2D eigenvalue weighted by Crippen LogP contribution is 2.24. The zero-order valence-electron chi connectivity index (χ0n) is 8.22. The van der Waals surface area contributed by atoms with Crippen molar-refractivity contribution in [1.82, 2.24) is 0 Å². The molecular formula is C11H16N2. The number of allylic oxidation sites excluding steroid dienone is 1. The van der Waals surface area contributed by atoms with Crippen LogP contribution in [0.4, 0.5) is 11.4 Å². The SMILES string of the molecule is C=C(CC)c1ccc(N)c(NC)c1. The third-order valence-corrected chi connectivity index (χ3v) is 2.16. The molecule has 0 aliphatic rings. The quantitative estimate of drug-likeness (QED) is 0.695. The van der Waals surface area contributed by atoms with Gasteiger partial charge in [0.05, 0.1) is 11.4 Å². The fourth-order valence-corrected chi connectivity index (χ4v) is 1.20. The molecule has 0 aromatic heterocycles. The summed E-state index contributed by atoms with van der Waals surface area (Å²) in [5.74, 6) is 0. The van der Waals surface area contributed by atoms with E-state index in [1.807, 2.05) is 25.2 Å². The largest absolute Gasteiger partial charge is 0.397 e. The molecule has 1 aromatic rings. The molecule has 13 heavy (non-hydrogen) atoms. The van der Waals surface area contributed by atoms with Crippen molar-refractivity contribution in [3.63, 3.8) is 0 Å². The molecule has 3 N–H and O–H groups in total. The summed E-state index contributed by atoms with van der Waals surface area (Å²) in [7, 11) is 1.87. The van der Waals surface area contributed by atoms with Crippen molar-refractivity contribution >= 4 is 16.9 Å². The standard InChI is InChI=1S/C11H16N2/c1-4-8(2)9-5-6-10(12)11(7-9)13-3/h5-7,13H,2,4,12H2,1,3H3. The average molecular weight is 176 g/mol. The zero-order chi connectivity index (χ0) is 9.84. The van der Waals surface area contributed by atoms with Gasteiger partial charge in [0.25, 0.3) is 0 Å². The molecule has 0 saturated heterocycles. The van der Waals surface area contributed by atoms with Crippen LogP contribution in [-0.2, 0) is 0 Å². The topological polar surface area (TPSA) is 38.0 Å². The lowest BCUT2D eigenvalue weighted by atomic mass is 10.0. The Morgan fingerprint density at radius 1 is 1.54 bits per heavy atom. The van der Waals surface area contributed by atoms with Gasteiger partial charge in [-0.2, -0.15) is 0 Å². The van der Waals surface area contributed by atoms with E-state index in [2.05, 4.69) is 18.8 Å². The number of benzene rings is 1. The molecule has 0 radical (unpaired) electrons. The van der Waals surface area contributed by atoms with E-state index in [0.29, 0.717) is 0 Å². The van der Waals surface area contributed by atoms with E-state index in [4.69, 9.17) is 5.73 Å². The van der Waals surface area contributed by atoms with Gasteiger partial charge in [-0.1, -0.05) is 19.6 Å². The first kappa shape index (κ1) is 9.65. The van der Waals surface area contributed by atoms with Crippen molar-refractivity contribution in [3.8, 4) is 0 Å². The first-order valence-electron chi connectivity index (χ1n) is 4.44. The fraction of sp³-hybridized carbons (Fsp3) is 0.273. The van der Waals surface area contributed by atoms with Crippen LogP contribution in [0.5, 0.6) is 0 Å². The van der Waals surface area contributed by atoms with Crippen LogP contribution >= 0.6 is 0 Å². The van der Waals surface area contributed by atoms with E-state index in [-0.39, 0.29) is 0 Å². The molecule has 0 aliphatic carbocycles. The Hall–Kier alpha value is -1.44. The molecular weight excluding hydrogens is 160 g/mol. The minimum atomic E-state index is 0.773. The molecule has 1 aromatic carbocycles. The maximum Gasteiger partial charge on any atom is 0.0577 e. The van der Waals surface area contributed by atoms with Crippen LogP contribution in [0.25, 0.3) is 5.57 Å². The molecule has 2 nitrogen and oxygen atoms in total. The molecule has 0 saturated carbocycles. The summed E-state index contributed by atoms with van der Waals surface area (Å²) in [6.45, 7) is 6.07. The molecule has 0 amide bonds. The van der Waals surface area contributed by atoms with Gasteiger partial charge in [0, 0.05) is 7.05 Å². The lowest BCUT2D eigenvalue weighted by Gasteiger charge is -2.08. The van der Waals surface area contributed by atoms with Crippen LogP contribution in [0.1, 0.15) is 18.9 Å². The predicted octanol–water partition coefficient (Wildman–Crippen LogP) is 2.73. The van der Waals surface area contributed by atoms with Gasteiger partial charge in [-0.15, -0.1) is 0 Å². The predicted molar refractivity (Wildman–Crippen MR) is 59.7 cm³/mol. The lowest BCUT2D eigenvalue weighted by Crippen LogP contribution is -1.96. The maximum atomic E-state index is 5.75. The molecule has 0 atom stereocenters. The normalized spacial score (nSPS) is 9.69. The van der Waals surface area contributed by atoms with Gasteiger partial charge >= 0.3 is 0 Å². The summed E-state index contributed by atoms with van der Waals surface area (Å²) < 4.78 is 0. The van der Waals surface area contributed by atoms with Gasteiger partial charge in [-0.25, -0.2) is 0 Å². The number of hydrogen-bond donors (Lipinski definition) is 2. The number of nitrogen functional groups attached to an aromatic ring is 1. The summed E-state index contributed by atoms with van der Waals surface area (Å²) in [4.78, 5) is 0. The highest BCUT2D eigenvalue weighted by atomic mass is 14.8. The van der Waals surface area contributed by atoms with Gasteiger partial charge in [0.2, 0.25) is 0 Å². The number of nitrogens with one attached hydrogen (secondary N) is 1. The Morgan fingerprint density at radius 3 is 2.77 bits per heavy atom. The van der Waals surface area contributed by atoms with Crippen LogP contribution in [0, 0.1) is 0 Å². The Labute approximate surface area is 79.5 Å². The van der Waals surface area contributed by atoms with Gasteiger partial charge in [0.15, 0.2) is 0 Å². The van der Waals surface area contributed by atoms with Crippen molar-refractivity contribution in [2.75, 3.05) is 18.1 Å². The van der Waals surface area contributed by atoms with E-state index >= 15 is 0 Å². The first-order chi connectivity index (χ1) is 6.19. The second-order valence-electron chi connectivity index (χ2n) is 3.01. The highest BCUT2D eigenvalue weighted by Gasteiger charge is 2.00. The Balaban J connectivity index is 3.06. The van der Waals surface area contributed by atoms with Gasteiger partial charge in [-0.3, -0.25) is 0 Å². The lowest BCUT2D eigenvalue weighted by molar-refractivity contribution is 1.24. The van der Waals surface area contributed by atoms with E-state index in [1.54, 1.807) is 0 Å². The molecule has 0 unspecified atom stereocenters. The minimum absolute atomic E-state index is 0.773. The van der Waals surface area contributed by atoms with Crippen molar-refractivity contribution in [2.24, 2.45) is 0 Å².